The summed E-state index contributed by atoms with van der Waals surface area (Å²) in [7, 11) is 1.60. The summed E-state index contributed by atoms with van der Waals surface area (Å²) >= 11 is 0. The van der Waals surface area contributed by atoms with Gasteiger partial charge >= 0.3 is 0 Å². The number of aryl methyl sites for hydroxylation is 2. The Kier molecular flexibility index (Phi) is 3.88. The number of fused-ring (bicyclic) bond motifs is 2. The van der Waals surface area contributed by atoms with E-state index >= 15 is 0 Å². The van der Waals surface area contributed by atoms with E-state index < -0.39 is 0 Å². The standard InChI is InChI=1S/C20H19N3O3/c1-12-5-4-8-23-11-14(22-19(12)23)10-21-20(24)18-13(2)26-17-7-6-15(25-3)9-16(17)18/h4-9,11H,10H2,1-3H3,(H,21,24). The van der Waals surface area contributed by atoms with Gasteiger partial charge in [0.15, 0.2) is 0 Å². The van der Waals surface area contributed by atoms with Gasteiger partial charge in [-0.15, -0.1) is 0 Å². The van der Waals surface area contributed by atoms with Crippen molar-refractivity contribution < 1.29 is 13.9 Å². The summed E-state index contributed by atoms with van der Waals surface area (Å²) < 4.78 is 12.9. The molecule has 1 aromatic carbocycles. The normalized spacial score (nSPS) is 11.2. The molecular weight excluding hydrogens is 330 g/mol. The number of methoxy groups -OCH3 is 1. The van der Waals surface area contributed by atoms with Gasteiger partial charge in [0.1, 0.15) is 22.7 Å². The number of imidazole rings is 1. The lowest BCUT2D eigenvalue weighted by molar-refractivity contribution is 0.0950. The summed E-state index contributed by atoms with van der Waals surface area (Å²) in [5.74, 6) is 1.07. The van der Waals surface area contributed by atoms with Crippen LogP contribution in [0.25, 0.3) is 16.6 Å². The van der Waals surface area contributed by atoms with Crippen LogP contribution in [0.1, 0.15) is 27.4 Å². The molecule has 0 radical (unpaired) electrons. The zero-order chi connectivity index (χ0) is 18.3. The molecule has 0 aliphatic heterocycles. The molecule has 0 spiro atoms. The predicted octanol–water partition coefficient (Wildman–Crippen LogP) is 3.64. The molecule has 0 fully saturated rings. The van der Waals surface area contributed by atoms with Crippen LogP contribution >= 0.6 is 0 Å². The fourth-order valence-corrected chi connectivity index (χ4v) is 3.16. The van der Waals surface area contributed by atoms with E-state index in [1.165, 1.54) is 0 Å². The molecule has 6 heteroatoms. The second-order valence-corrected chi connectivity index (χ2v) is 6.23. The fraction of sp³-hybridized carbons (Fsp3) is 0.200. The number of furan rings is 1. The molecule has 6 nitrogen and oxygen atoms in total. The Morgan fingerprint density at radius 3 is 2.92 bits per heavy atom. The maximum atomic E-state index is 12.7. The number of carbonyl (C=O) groups is 1. The number of benzene rings is 1. The lowest BCUT2D eigenvalue weighted by Crippen LogP contribution is -2.23. The molecule has 0 saturated heterocycles. The molecule has 0 unspecified atom stereocenters. The van der Waals surface area contributed by atoms with E-state index in [-0.39, 0.29) is 5.91 Å². The Morgan fingerprint density at radius 1 is 1.31 bits per heavy atom. The first-order valence-corrected chi connectivity index (χ1v) is 8.35. The van der Waals surface area contributed by atoms with Crippen molar-refractivity contribution in [2.45, 2.75) is 20.4 Å². The number of hydrogen-bond acceptors (Lipinski definition) is 4. The third kappa shape index (κ3) is 2.69. The van der Waals surface area contributed by atoms with E-state index in [4.69, 9.17) is 9.15 Å². The second-order valence-electron chi connectivity index (χ2n) is 6.23. The van der Waals surface area contributed by atoms with E-state index in [9.17, 15) is 4.79 Å². The third-order valence-corrected chi connectivity index (χ3v) is 4.46. The van der Waals surface area contributed by atoms with Gasteiger partial charge in [-0.25, -0.2) is 4.98 Å². The van der Waals surface area contributed by atoms with Gasteiger partial charge in [-0.2, -0.15) is 0 Å². The van der Waals surface area contributed by atoms with Crippen molar-refractivity contribution in [2.24, 2.45) is 0 Å². The van der Waals surface area contributed by atoms with E-state index in [1.807, 2.05) is 54.0 Å². The first-order chi connectivity index (χ1) is 12.6. The van der Waals surface area contributed by atoms with Crippen LogP contribution in [-0.2, 0) is 6.54 Å². The highest BCUT2D eigenvalue weighted by Crippen LogP contribution is 2.29. The number of aromatic nitrogens is 2. The van der Waals surface area contributed by atoms with E-state index in [0.717, 1.165) is 22.3 Å². The van der Waals surface area contributed by atoms with Gasteiger partial charge in [0.05, 0.1) is 24.9 Å². The molecule has 1 N–H and O–H groups in total. The van der Waals surface area contributed by atoms with Gasteiger partial charge < -0.3 is 18.9 Å². The Balaban J connectivity index is 1.60. The number of hydrogen-bond donors (Lipinski definition) is 1. The van der Waals surface area contributed by atoms with Crippen LogP contribution in [0.15, 0.2) is 47.1 Å². The summed E-state index contributed by atoms with van der Waals surface area (Å²) in [6.07, 6.45) is 3.87. The summed E-state index contributed by atoms with van der Waals surface area (Å²) in [6, 6.07) is 9.42. The Bertz CT molecular complexity index is 1120. The smallest absolute Gasteiger partial charge is 0.255 e. The highest BCUT2D eigenvalue weighted by Gasteiger charge is 2.19. The Hall–Kier alpha value is -3.28. The molecule has 0 bridgehead atoms. The number of rotatable bonds is 4. The monoisotopic (exact) mass is 349 g/mol. The van der Waals surface area contributed by atoms with Crippen molar-refractivity contribution >= 4 is 22.5 Å². The van der Waals surface area contributed by atoms with Crippen molar-refractivity contribution in [3.63, 3.8) is 0 Å². The number of nitrogens with zero attached hydrogens (tertiary/aromatic N) is 2. The van der Waals surface area contributed by atoms with Crippen molar-refractivity contribution in [3.05, 3.63) is 65.3 Å². The molecule has 0 saturated carbocycles. The SMILES string of the molecule is COc1ccc2oc(C)c(C(=O)NCc3cn4cccc(C)c4n3)c2c1. The minimum absolute atomic E-state index is 0.191. The molecule has 3 heterocycles. The molecule has 1 amide bonds. The average molecular weight is 349 g/mol. The van der Waals surface area contributed by atoms with Gasteiger partial charge in [-0.3, -0.25) is 4.79 Å². The zero-order valence-corrected chi connectivity index (χ0v) is 14.9. The Labute approximate surface area is 150 Å². The maximum Gasteiger partial charge on any atom is 0.255 e. The van der Waals surface area contributed by atoms with Gasteiger partial charge in [0, 0.05) is 17.8 Å². The third-order valence-electron chi connectivity index (χ3n) is 4.46. The van der Waals surface area contributed by atoms with E-state index in [0.29, 0.717) is 29.2 Å². The minimum atomic E-state index is -0.191. The molecule has 132 valence electrons. The zero-order valence-electron chi connectivity index (χ0n) is 14.9. The molecule has 26 heavy (non-hydrogen) atoms. The van der Waals surface area contributed by atoms with Gasteiger partial charge in [-0.1, -0.05) is 6.07 Å². The van der Waals surface area contributed by atoms with E-state index in [2.05, 4.69) is 10.3 Å². The second kappa shape index (κ2) is 6.22. The van der Waals surface area contributed by atoms with Gasteiger partial charge in [0.25, 0.3) is 5.91 Å². The van der Waals surface area contributed by atoms with Crippen LogP contribution < -0.4 is 10.1 Å². The highest BCUT2D eigenvalue weighted by molar-refractivity contribution is 6.07. The number of nitrogens with one attached hydrogen (secondary N) is 1. The number of carbonyl (C=O) groups excluding carboxylic acids is 1. The maximum absolute atomic E-state index is 12.7. The van der Waals surface area contributed by atoms with Crippen molar-refractivity contribution in [3.8, 4) is 5.75 Å². The fourth-order valence-electron chi connectivity index (χ4n) is 3.16. The van der Waals surface area contributed by atoms with Gasteiger partial charge in [0.2, 0.25) is 0 Å². The van der Waals surface area contributed by atoms with Crippen LogP contribution in [0.3, 0.4) is 0 Å². The molecule has 0 atom stereocenters. The number of ether oxygens (including phenoxy) is 1. The topological polar surface area (TPSA) is 68.8 Å². The Morgan fingerprint density at radius 2 is 2.15 bits per heavy atom. The summed E-state index contributed by atoms with van der Waals surface area (Å²) in [5, 5.41) is 3.68. The first kappa shape index (κ1) is 16.2. The summed E-state index contributed by atoms with van der Waals surface area (Å²) in [6.45, 7) is 4.14. The van der Waals surface area contributed by atoms with Crippen LogP contribution in [0, 0.1) is 13.8 Å². The number of pyridine rings is 1. The molecule has 3 aromatic heterocycles. The molecule has 4 rings (SSSR count). The number of amides is 1. The largest absolute Gasteiger partial charge is 0.497 e. The lowest BCUT2D eigenvalue weighted by atomic mass is 10.1. The molecule has 0 aliphatic carbocycles. The average Bonchev–Trinajstić information content (AvgIpc) is 3.19. The van der Waals surface area contributed by atoms with Gasteiger partial charge in [-0.05, 0) is 43.7 Å². The van der Waals surface area contributed by atoms with Crippen molar-refractivity contribution in [1.29, 1.82) is 0 Å². The van der Waals surface area contributed by atoms with E-state index in [1.54, 1.807) is 14.0 Å². The molecule has 0 aliphatic rings. The van der Waals surface area contributed by atoms with Crippen LogP contribution in [0.4, 0.5) is 0 Å². The summed E-state index contributed by atoms with van der Waals surface area (Å²) in [5.41, 5.74) is 3.98. The van der Waals surface area contributed by atoms with Crippen molar-refractivity contribution in [1.82, 2.24) is 14.7 Å². The van der Waals surface area contributed by atoms with Crippen LogP contribution in [0.5, 0.6) is 5.75 Å². The molecule has 4 aromatic rings. The van der Waals surface area contributed by atoms with Crippen LogP contribution in [0.2, 0.25) is 0 Å². The minimum Gasteiger partial charge on any atom is -0.497 e. The first-order valence-electron chi connectivity index (χ1n) is 8.35. The summed E-state index contributed by atoms with van der Waals surface area (Å²) in [4.78, 5) is 17.3. The van der Waals surface area contributed by atoms with Crippen molar-refractivity contribution in [2.75, 3.05) is 7.11 Å². The van der Waals surface area contributed by atoms with Crippen LogP contribution in [-0.4, -0.2) is 22.4 Å². The predicted molar refractivity (Wildman–Crippen MR) is 98.6 cm³/mol. The molecular formula is C20H19N3O3. The lowest BCUT2D eigenvalue weighted by Gasteiger charge is -2.03. The quantitative estimate of drug-likeness (QED) is 0.611. The highest BCUT2D eigenvalue weighted by atomic mass is 16.5.